The van der Waals surface area contributed by atoms with Gasteiger partial charge in [-0.1, -0.05) is 63.7 Å². The smallest absolute Gasteiger partial charge is 0.330 e. The second-order valence-electron chi connectivity index (χ2n) is 10.3. The predicted octanol–water partition coefficient (Wildman–Crippen LogP) is 5.08. The number of fused-ring (bicyclic) bond motifs is 1. The number of hydrogen-bond donors (Lipinski definition) is 1. The molecule has 1 aromatic heterocycles. The monoisotopic (exact) mass is 543 g/mol. The zero-order chi connectivity index (χ0) is 28.7. The highest BCUT2D eigenvalue weighted by atomic mass is 16.6. The third kappa shape index (κ3) is 7.25. The van der Waals surface area contributed by atoms with Crippen molar-refractivity contribution in [1.29, 1.82) is 0 Å². The normalized spacial score (nSPS) is 12.1. The highest BCUT2D eigenvalue weighted by molar-refractivity contribution is 5.81. The number of phenols is 1. The number of rotatable bonds is 11. The summed E-state index contributed by atoms with van der Waals surface area (Å²) in [6, 6.07) is 20.2. The van der Waals surface area contributed by atoms with Gasteiger partial charge in [-0.3, -0.25) is 4.79 Å². The molecule has 0 amide bonds. The first kappa shape index (κ1) is 28.4. The van der Waals surface area contributed by atoms with Gasteiger partial charge in [0.15, 0.2) is 6.10 Å². The van der Waals surface area contributed by atoms with Gasteiger partial charge in [0, 0.05) is 18.1 Å². The van der Waals surface area contributed by atoms with Crippen LogP contribution in [-0.4, -0.2) is 51.4 Å². The van der Waals surface area contributed by atoms with Crippen LogP contribution in [0.1, 0.15) is 38.3 Å². The fraction of sp³-hybridized carbons (Fsp3) is 0.290. The molecule has 0 bridgehead atoms. The van der Waals surface area contributed by atoms with Crippen molar-refractivity contribution in [2.24, 2.45) is 0 Å². The van der Waals surface area contributed by atoms with Crippen LogP contribution < -0.4 is 4.74 Å². The molecule has 0 saturated carbocycles. The molecule has 1 unspecified atom stereocenters. The highest BCUT2D eigenvalue weighted by Gasteiger charge is 2.24. The van der Waals surface area contributed by atoms with E-state index < -0.39 is 18.0 Å². The average molecular weight is 544 g/mol. The summed E-state index contributed by atoms with van der Waals surface area (Å²) >= 11 is 0. The Hall–Kier alpha value is -4.66. The molecule has 4 aromatic rings. The molecule has 0 aliphatic rings. The predicted molar refractivity (Wildman–Crippen MR) is 151 cm³/mol. The number of carbonyl (C=O) groups excluding carboxylic acids is 2. The summed E-state index contributed by atoms with van der Waals surface area (Å²) in [5.74, 6) is -0.409. The van der Waals surface area contributed by atoms with E-state index in [2.05, 4.69) is 16.8 Å². The summed E-state index contributed by atoms with van der Waals surface area (Å²) in [5, 5.41) is 20.2. The van der Waals surface area contributed by atoms with Crippen LogP contribution in [0.5, 0.6) is 11.5 Å². The Bertz CT molecular complexity index is 1460. The van der Waals surface area contributed by atoms with E-state index in [-0.39, 0.29) is 30.8 Å². The summed E-state index contributed by atoms with van der Waals surface area (Å²) in [4.78, 5) is 25.9. The second kappa shape index (κ2) is 12.5. The number of phenolic OH excluding ortho intramolecular Hbond substituents is 1. The molecule has 0 saturated heterocycles. The van der Waals surface area contributed by atoms with Crippen LogP contribution in [0.15, 0.2) is 79.4 Å². The van der Waals surface area contributed by atoms with E-state index in [4.69, 9.17) is 14.2 Å². The lowest BCUT2D eigenvalue weighted by atomic mass is 9.84. The molecular weight excluding hydrogens is 510 g/mol. The van der Waals surface area contributed by atoms with E-state index in [1.54, 1.807) is 18.2 Å². The van der Waals surface area contributed by atoms with Crippen molar-refractivity contribution < 1.29 is 28.9 Å². The Kier molecular flexibility index (Phi) is 8.83. The van der Waals surface area contributed by atoms with Crippen molar-refractivity contribution in [3.8, 4) is 17.2 Å². The van der Waals surface area contributed by atoms with Crippen LogP contribution in [-0.2, 0) is 30.9 Å². The van der Waals surface area contributed by atoms with Crippen molar-refractivity contribution in [3.63, 3.8) is 0 Å². The third-order valence-corrected chi connectivity index (χ3v) is 6.14. The van der Waals surface area contributed by atoms with Crippen molar-refractivity contribution >= 4 is 23.0 Å². The lowest BCUT2D eigenvalue weighted by Gasteiger charge is -2.23. The van der Waals surface area contributed by atoms with Gasteiger partial charge in [0.1, 0.15) is 41.4 Å². The summed E-state index contributed by atoms with van der Waals surface area (Å²) in [5.41, 5.74) is 3.00. The zero-order valence-electron chi connectivity index (χ0n) is 22.9. The Balaban J connectivity index is 1.45. The number of aromatic nitrogens is 3. The molecule has 1 heterocycles. The summed E-state index contributed by atoms with van der Waals surface area (Å²) in [6.45, 7) is 9.26. The molecular formula is C31H33N3O6. The van der Waals surface area contributed by atoms with Crippen LogP contribution in [0, 0.1) is 0 Å². The first-order chi connectivity index (χ1) is 19.1. The second-order valence-corrected chi connectivity index (χ2v) is 10.3. The minimum absolute atomic E-state index is 0.0123. The molecule has 0 aliphatic carbocycles. The van der Waals surface area contributed by atoms with Crippen LogP contribution in [0.2, 0.25) is 0 Å². The van der Waals surface area contributed by atoms with Gasteiger partial charge < -0.3 is 19.3 Å². The molecule has 0 spiro atoms. The van der Waals surface area contributed by atoms with Gasteiger partial charge in [0.2, 0.25) is 0 Å². The lowest BCUT2D eigenvalue weighted by Crippen LogP contribution is -2.30. The van der Waals surface area contributed by atoms with Crippen molar-refractivity contribution in [2.45, 2.75) is 45.1 Å². The van der Waals surface area contributed by atoms with E-state index in [0.717, 1.165) is 11.6 Å². The lowest BCUT2D eigenvalue weighted by molar-refractivity contribution is -0.157. The minimum Gasteiger partial charge on any atom is -0.505 e. The quantitative estimate of drug-likeness (QED) is 0.206. The van der Waals surface area contributed by atoms with Crippen LogP contribution in [0.4, 0.5) is 0 Å². The van der Waals surface area contributed by atoms with E-state index in [1.165, 1.54) is 4.80 Å². The maximum absolute atomic E-state index is 12.7. The molecule has 0 radical (unpaired) electrons. The summed E-state index contributed by atoms with van der Waals surface area (Å²) in [7, 11) is 0. The number of nitrogens with zero attached hydrogens (tertiary/aromatic N) is 3. The minimum atomic E-state index is -0.803. The molecule has 9 nitrogen and oxygen atoms in total. The van der Waals surface area contributed by atoms with Crippen molar-refractivity contribution in [3.05, 3.63) is 90.5 Å². The molecule has 208 valence electrons. The van der Waals surface area contributed by atoms with E-state index in [0.29, 0.717) is 34.5 Å². The Morgan fingerprint density at radius 1 is 1.00 bits per heavy atom. The fourth-order valence-electron chi connectivity index (χ4n) is 4.05. The Morgan fingerprint density at radius 2 is 1.65 bits per heavy atom. The van der Waals surface area contributed by atoms with Gasteiger partial charge in [-0.05, 0) is 47.7 Å². The number of hydrogen-bond acceptors (Lipinski definition) is 8. The van der Waals surface area contributed by atoms with Gasteiger partial charge >= 0.3 is 11.9 Å². The molecule has 0 aliphatic heterocycles. The molecule has 9 heteroatoms. The van der Waals surface area contributed by atoms with Crippen molar-refractivity contribution in [1.82, 2.24) is 15.0 Å². The number of benzene rings is 3. The van der Waals surface area contributed by atoms with Crippen molar-refractivity contribution in [2.75, 3.05) is 13.2 Å². The van der Waals surface area contributed by atoms with Crippen LogP contribution in [0.3, 0.4) is 0 Å². The van der Waals surface area contributed by atoms with Gasteiger partial charge in [-0.25, -0.2) is 4.79 Å². The highest BCUT2D eigenvalue weighted by Crippen LogP contribution is 2.36. The summed E-state index contributed by atoms with van der Waals surface area (Å²) < 4.78 is 16.4. The Labute approximate surface area is 233 Å². The maximum atomic E-state index is 12.7. The molecule has 4 rings (SSSR count). The molecule has 1 N–H and O–H groups in total. The van der Waals surface area contributed by atoms with E-state index >= 15 is 0 Å². The number of ether oxygens (including phenoxy) is 3. The number of aryl methyl sites for hydroxylation is 1. The first-order valence-electron chi connectivity index (χ1n) is 13.0. The topological polar surface area (TPSA) is 113 Å². The molecule has 3 aromatic carbocycles. The van der Waals surface area contributed by atoms with E-state index in [9.17, 15) is 14.7 Å². The number of aromatic hydroxyl groups is 1. The average Bonchev–Trinajstić information content (AvgIpc) is 3.37. The van der Waals surface area contributed by atoms with E-state index in [1.807, 2.05) is 69.3 Å². The van der Waals surface area contributed by atoms with Gasteiger partial charge in [0.25, 0.3) is 0 Å². The molecule has 40 heavy (non-hydrogen) atoms. The van der Waals surface area contributed by atoms with Gasteiger partial charge in [-0.2, -0.15) is 0 Å². The number of esters is 2. The SMILES string of the molecule is C=CC(=O)OC(COC(=O)CCc1cc(-n2nc3ccccc3n2)c(O)c(C(C)(C)C)c1)COc1ccccc1. The first-order valence-corrected chi connectivity index (χ1v) is 13.0. The largest absolute Gasteiger partial charge is 0.505 e. The van der Waals surface area contributed by atoms with Gasteiger partial charge in [-0.15, -0.1) is 15.0 Å². The Morgan fingerprint density at radius 3 is 2.27 bits per heavy atom. The molecule has 0 fully saturated rings. The third-order valence-electron chi connectivity index (χ3n) is 6.14. The van der Waals surface area contributed by atoms with Crippen LogP contribution in [0.25, 0.3) is 16.7 Å². The number of carbonyl (C=O) groups is 2. The van der Waals surface area contributed by atoms with Crippen LogP contribution >= 0.6 is 0 Å². The van der Waals surface area contributed by atoms with Gasteiger partial charge in [0.05, 0.1) is 0 Å². The molecule has 1 atom stereocenters. The standard InChI is InChI=1S/C31H33N3O6/c1-5-28(35)40-23(19-38-22-11-7-6-8-12-22)20-39-29(36)16-15-21-17-24(31(2,3)4)30(37)27(18-21)34-32-25-13-9-10-14-26(25)33-34/h5-14,17-18,23,37H,1,15-16,19-20H2,2-4H3. The number of para-hydroxylation sites is 1. The summed E-state index contributed by atoms with van der Waals surface area (Å²) in [6.07, 6.45) is 0.671. The zero-order valence-corrected chi connectivity index (χ0v) is 22.9. The fourth-order valence-corrected chi connectivity index (χ4v) is 4.05. The maximum Gasteiger partial charge on any atom is 0.330 e.